The van der Waals surface area contributed by atoms with Crippen LogP contribution in [0.15, 0.2) is 30.6 Å². The molecule has 34 heavy (non-hydrogen) atoms. The zero-order valence-electron chi connectivity index (χ0n) is 17.1. The molecule has 4 aromatic rings. The van der Waals surface area contributed by atoms with Crippen LogP contribution in [0.4, 0.5) is 32.2 Å². The number of nitrogens with one attached hydrogen (secondary N) is 1. The van der Waals surface area contributed by atoms with Gasteiger partial charge in [-0.1, -0.05) is 0 Å². The Hall–Kier alpha value is -3.90. The van der Waals surface area contributed by atoms with Crippen LogP contribution in [0.2, 0.25) is 0 Å². The van der Waals surface area contributed by atoms with Crippen molar-refractivity contribution < 1.29 is 31.1 Å². The van der Waals surface area contributed by atoms with E-state index in [-0.39, 0.29) is 34.7 Å². The molecule has 0 atom stereocenters. The van der Waals surface area contributed by atoms with Crippen LogP contribution in [-0.2, 0) is 6.54 Å². The van der Waals surface area contributed by atoms with Crippen molar-refractivity contribution in [3.8, 4) is 0 Å². The van der Waals surface area contributed by atoms with Crippen LogP contribution < -0.4 is 5.32 Å². The number of benzene rings is 1. The first-order valence-corrected chi connectivity index (χ1v) is 10.1. The number of hydrogen-bond donors (Lipinski definition) is 1. The molecule has 176 valence electrons. The van der Waals surface area contributed by atoms with Crippen molar-refractivity contribution in [1.29, 1.82) is 0 Å². The van der Waals surface area contributed by atoms with Crippen LogP contribution in [0.3, 0.4) is 0 Å². The van der Waals surface area contributed by atoms with Crippen LogP contribution in [0.5, 0.6) is 0 Å². The Bertz CT molecular complexity index is 1400. The summed E-state index contributed by atoms with van der Waals surface area (Å²) in [6, 6.07) is 2.66. The first-order valence-electron chi connectivity index (χ1n) is 10.1. The SMILES string of the molecule is O=C(Nc1ccn(Cc2c(F)c(F)cc(F)c2F)n1)c1cnn2c(C(F)F)cc(C3CC3)nc12. The summed E-state index contributed by atoms with van der Waals surface area (Å²) in [6.45, 7) is -0.650. The quantitative estimate of drug-likeness (QED) is 0.323. The fraction of sp³-hybridized carbons (Fsp3) is 0.238. The Balaban J connectivity index is 1.40. The summed E-state index contributed by atoms with van der Waals surface area (Å²) in [5.74, 6) is -6.98. The van der Waals surface area contributed by atoms with Gasteiger partial charge in [0.25, 0.3) is 12.3 Å². The average molecular weight is 480 g/mol. The van der Waals surface area contributed by atoms with E-state index in [0.717, 1.165) is 28.2 Å². The van der Waals surface area contributed by atoms with Crippen LogP contribution in [0.1, 0.15) is 52.5 Å². The van der Waals surface area contributed by atoms with Crippen molar-refractivity contribution in [2.24, 2.45) is 0 Å². The number of hydrogen-bond acceptors (Lipinski definition) is 4. The maximum atomic E-state index is 13.9. The lowest BCUT2D eigenvalue weighted by atomic mass is 10.2. The lowest BCUT2D eigenvalue weighted by Gasteiger charge is -2.08. The third-order valence-electron chi connectivity index (χ3n) is 5.39. The molecule has 1 N–H and O–H groups in total. The Morgan fingerprint density at radius 2 is 1.82 bits per heavy atom. The minimum Gasteiger partial charge on any atom is -0.305 e. The molecular formula is C21H14F6N6O. The van der Waals surface area contributed by atoms with Gasteiger partial charge in [-0.15, -0.1) is 0 Å². The molecule has 13 heteroatoms. The van der Waals surface area contributed by atoms with Gasteiger partial charge < -0.3 is 5.32 Å². The Labute approximate surface area is 187 Å². The number of anilines is 1. The smallest absolute Gasteiger partial charge is 0.280 e. The molecule has 1 aliphatic carbocycles. The molecule has 3 aromatic heterocycles. The normalized spacial score (nSPS) is 13.7. The van der Waals surface area contributed by atoms with Crippen LogP contribution in [0.25, 0.3) is 5.65 Å². The first kappa shape index (κ1) is 21.9. The summed E-state index contributed by atoms with van der Waals surface area (Å²) in [5.41, 5.74) is -0.939. The molecule has 1 fully saturated rings. The zero-order valence-corrected chi connectivity index (χ0v) is 17.1. The number of alkyl halides is 2. The standard InChI is InChI=1S/C21H14F6N6O/c22-12-5-13(23)18(25)11(17(12)24)8-32-4-3-16(31-32)30-21(34)10-7-28-33-15(19(26)27)6-14(9-1-2-9)29-20(10)33/h3-7,9,19H,1-2,8H2,(H,30,31,34). The lowest BCUT2D eigenvalue weighted by Crippen LogP contribution is -2.14. The molecule has 7 nitrogen and oxygen atoms in total. The molecule has 1 amide bonds. The summed E-state index contributed by atoms with van der Waals surface area (Å²) in [6.07, 6.45) is 1.12. The van der Waals surface area contributed by atoms with Crippen molar-refractivity contribution in [2.75, 3.05) is 5.32 Å². The van der Waals surface area contributed by atoms with E-state index in [4.69, 9.17) is 0 Å². The van der Waals surface area contributed by atoms with Gasteiger partial charge in [-0.05, 0) is 18.9 Å². The third kappa shape index (κ3) is 3.86. The van der Waals surface area contributed by atoms with Gasteiger partial charge in [-0.2, -0.15) is 10.2 Å². The van der Waals surface area contributed by atoms with Crippen molar-refractivity contribution in [2.45, 2.75) is 31.7 Å². The Kier molecular flexibility index (Phi) is 5.25. The van der Waals surface area contributed by atoms with Gasteiger partial charge in [0, 0.05) is 29.9 Å². The maximum Gasteiger partial charge on any atom is 0.280 e. The van der Waals surface area contributed by atoms with Gasteiger partial charge in [0.05, 0.1) is 18.3 Å². The van der Waals surface area contributed by atoms with E-state index < -0.39 is 47.7 Å². The van der Waals surface area contributed by atoms with E-state index in [1.165, 1.54) is 18.3 Å². The Morgan fingerprint density at radius 1 is 1.12 bits per heavy atom. The molecule has 0 bridgehead atoms. The molecule has 0 aliphatic heterocycles. The molecule has 1 aromatic carbocycles. The van der Waals surface area contributed by atoms with E-state index in [9.17, 15) is 31.1 Å². The number of carbonyl (C=O) groups excluding carboxylic acids is 1. The van der Waals surface area contributed by atoms with Gasteiger partial charge >= 0.3 is 0 Å². The average Bonchev–Trinajstić information content (AvgIpc) is 3.41. The second-order valence-electron chi connectivity index (χ2n) is 7.77. The zero-order chi connectivity index (χ0) is 24.1. The molecule has 1 saturated carbocycles. The highest BCUT2D eigenvalue weighted by molar-refractivity contribution is 6.07. The molecule has 0 saturated heterocycles. The fourth-order valence-corrected chi connectivity index (χ4v) is 3.53. The molecule has 5 rings (SSSR count). The van der Waals surface area contributed by atoms with Gasteiger partial charge in [0.15, 0.2) is 34.7 Å². The summed E-state index contributed by atoms with van der Waals surface area (Å²) >= 11 is 0. The molecular weight excluding hydrogens is 466 g/mol. The van der Waals surface area contributed by atoms with Gasteiger partial charge in [0.1, 0.15) is 11.3 Å². The van der Waals surface area contributed by atoms with Crippen LogP contribution in [-0.4, -0.2) is 30.3 Å². The van der Waals surface area contributed by atoms with Gasteiger partial charge in [-0.3, -0.25) is 9.48 Å². The van der Waals surface area contributed by atoms with Crippen LogP contribution >= 0.6 is 0 Å². The van der Waals surface area contributed by atoms with Crippen LogP contribution in [0, 0.1) is 23.3 Å². The molecule has 0 radical (unpaired) electrons. The summed E-state index contributed by atoms with van der Waals surface area (Å²) in [7, 11) is 0. The van der Waals surface area contributed by atoms with E-state index in [1.807, 2.05) is 0 Å². The van der Waals surface area contributed by atoms with Gasteiger partial charge in [0.2, 0.25) is 0 Å². The first-order chi connectivity index (χ1) is 16.2. The second-order valence-corrected chi connectivity index (χ2v) is 7.77. The Morgan fingerprint density at radius 3 is 2.47 bits per heavy atom. The van der Waals surface area contributed by atoms with E-state index in [1.54, 1.807) is 0 Å². The largest absolute Gasteiger partial charge is 0.305 e. The molecule has 0 unspecified atom stereocenters. The highest BCUT2D eigenvalue weighted by Gasteiger charge is 2.29. The number of aromatic nitrogens is 5. The predicted molar refractivity (Wildman–Crippen MR) is 105 cm³/mol. The number of halogens is 6. The number of fused-ring (bicyclic) bond motifs is 1. The van der Waals surface area contributed by atoms with Crippen molar-refractivity contribution in [3.63, 3.8) is 0 Å². The minimum absolute atomic E-state index is 0.0454. The fourth-order valence-electron chi connectivity index (χ4n) is 3.53. The van der Waals surface area contributed by atoms with E-state index in [2.05, 4.69) is 20.5 Å². The van der Waals surface area contributed by atoms with Crippen molar-refractivity contribution in [1.82, 2.24) is 24.4 Å². The maximum absolute atomic E-state index is 13.9. The van der Waals surface area contributed by atoms with Crippen molar-refractivity contribution in [3.05, 3.63) is 76.4 Å². The van der Waals surface area contributed by atoms with Gasteiger partial charge in [-0.25, -0.2) is 35.8 Å². The van der Waals surface area contributed by atoms with Crippen molar-refractivity contribution >= 4 is 17.4 Å². The lowest BCUT2D eigenvalue weighted by molar-refractivity contribution is 0.102. The van der Waals surface area contributed by atoms with E-state index in [0.29, 0.717) is 5.69 Å². The summed E-state index contributed by atoms with van der Waals surface area (Å²) < 4.78 is 83.5. The minimum atomic E-state index is -2.83. The third-order valence-corrected chi connectivity index (χ3v) is 5.39. The monoisotopic (exact) mass is 480 g/mol. The summed E-state index contributed by atoms with van der Waals surface area (Å²) in [4.78, 5) is 17.1. The highest BCUT2D eigenvalue weighted by atomic mass is 19.3. The molecule has 3 heterocycles. The predicted octanol–water partition coefficient (Wildman–Crippen LogP) is 4.60. The summed E-state index contributed by atoms with van der Waals surface area (Å²) in [5, 5.41) is 10.2. The second kappa shape index (κ2) is 8.15. The topological polar surface area (TPSA) is 77.1 Å². The number of rotatable bonds is 6. The van der Waals surface area contributed by atoms with E-state index >= 15 is 0 Å². The number of nitrogens with zero attached hydrogens (tertiary/aromatic N) is 5. The number of carbonyl (C=O) groups is 1. The number of amides is 1. The molecule has 0 spiro atoms. The molecule has 1 aliphatic rings. The highest BCUT2D eigenvalue weighted by Crippen LogP contribution is 2.40.